The molecule has 4 heteroatoms. The number of hydrogen-bond acceptors (Lipinski definition) is 3. The third-order valence-electron chi connectivity index (χ3n) is 2.03. The fraction of sp³-hybridized carbons (Fsp3) is 0.700. The van der Waals surface area contributed by atoms with Crippen LogP contribution >= 0.6 is 0 Å². The van der Waals surface area contributed by atoms with Crippen LogP contribution in [0.2, 0.25) is 0 Å². The third kappa shape index (κ3) is 4.39. The summed E-state index contributed by atoms with van der Waals surface area (Å²) < 4.78 is 0. The molecule has 0 aromatic heterocycles. The quantitative estimate of drug-likeness (QED) is 0.579. The maximum absolute atomic E-state index is 10.4. The van der Waals surface area contributed by atoms with E-state index in [1.54, 1.807) is 0 Å². The molecule has 2 atom stereocenters. The molecule has 0 bridgehead atoms. The number of carbonyl (C=O) groups is 1. The summed E-state index contributed by atoms with van der Waals surface area (Å²) >= 11 is 0. The normalized spacial score (nSPS) is 16.9. The molecule has 0 aromatic rings. The molecule has 4 nitrogen and oxygen atoms in total. The molecule has 0 amide bonds. The molecular formula is C10H18O4. The molecule has 0 fully saturated rings. The van der Waals surface area contributed by atoms with E-state index in [0.717, 1.165) is 5.57 Å². The summed E-state index contributed by atoms with van der Waals surface area (Å²) in [4.78, 5) is 10.4. The van der Waals surface area contributed by atoms with Gasteiger partial charge in [-0.1, -0.05) is 11.6 Å². The Morgan fingerprint density at radius 1 is 1.50 bits per heavy atom. The molecule has 0 saturated heterocycles. The molecule has 0 saturated carbocycles. The van der Waals surface area contributed by atoms with E-state index in [1.807, 2.05) is 19.9 Å². The summed E-state index contributed by atoms with van der Waals surface area (Å²) in [5, 5.41) is 27.3. The van der Waals surface area contributed by atoms with Crippen LogP contribution in [0.5, 0.6) is 0 Å². The van der Waals surface area contributed by atoms with Crippen molar-refractivity contribution in [3.05, 3.63) is 11.6 Å². The van der Waals surface area contributed by atoms with E-state index < -0.39 is 17.7 Å². The van der Waals surface area contributed by atoms with E-state index in [-0.39, 0.29) is 6.42 Å². The zero-order valence-corrected chi connectivity index (χ0v) is 8.82. The smallest absolute Gasteiger partial charge is 0.335 e. The predicted molar refractivity (Wildman–Crippen MR) is 52.9 cm³/mol. The van der Waals surface area contributed by atoms with Gasteiger partial charge in [-0.2, -0.15) is 0 Å². The first kappa shape index (κ1) is 13.1. The Labute approximate surface area is 83.9 Å². The number of carboxylic acids is 1. The van der Waals surface area contributed by atoms with E-state index >= 15 is 0 Å². The van der Waals surface area contributed by atoms with Crippen LogP contribution in [0.15, 0.2) is 11.6 Å². The summed E-state index contributed by atoms with van der Waals surface area (Å²) in [5.41, 5.74) is -0.469. The van der Waals surface area contributed by atoms with Crippen LogP contribution in [-0.4, -0.2) is 33.0 Å². The lowest BCUT2D eigenvalue weighted by atomic mass is 9.93. The maximum Gasteiger partial charge on any atom is 0.335 e. The highest BCUT2D eigenvalue weighted by Gasteiger charge is 2.34. The molecule has 0 aliphatic heterocycles. The Balaban J connectivity index is 4.20. The molecule has 0 rings (SSSR count). The van der Waals surface area contributed by atoms with Crippen LogP contribution < -0.4 is 0 Å². The SMILES string of the molecule is CC(C)=CCCC(C)(O)C(O)C(=O)O. The van der Waals surface area contributed by atoms with E-state index in [1.165, 1.54) is 6.92 Å². The Kier molecular flexibility index (Phi) is 4.80. The summed E-state index contributed by atoms with van der Waals surface area (Å²) in [6.07, 6.45) is 0.946. The number of aliphatic hydroxyl groups is 2. The van der Waals surface area contributed by atoms with Crippen molar-refractivity contribution >= 4 is 5.97 Å². The molecule has 3 N–H and O–H groups in total. The standard InChI is InChI=1S/C10H18O4/c1-7(2)5-4-6-10(3,14)8(11)9(12)13/h5,8,11,14H,4,6H2,1-3H3,(H,12,13). The second-order valence-corrected chi connectivity index (χ2v) is 3.92. The molecule has 2 unspecified atom stereocenters. The Hall–Kier alpha value is -0.870. The van der Waals surface area contributed by atoms with Gasteiger partial charge >= 0.3 is 5.97 Å². The lowest BCUT2D eigenvalue weighted by Crippen LogP contribution is -2.44. The summed E-state index contributed by atoms with van der Waals surface area (Å²) in [6.45, 7) is 5.16. The van der Waals surface area contributed by atoms with Gasteiger partial charge in [0.1, 0.15) is 0 Å². The second kappa shape index (κ2) is 5.12. The second-order valence-electron chi connectivity index (χ2n) is 3.92. The fourth-order valence-electron chi connectivity index (χ4n) is 1.06. The van der Waals surface area contributed by atoms with Gasteiger partial charge in [0, 0.05) is 0 Å². The van der Waals surface area contributed by atoms with Crippen LogP contribution in [0.25, 0.3) is 0 Å². The van der Waals surface area contributed by atoms with Crippen LogP contribution in [0.3, 0.4) is 0 Å². The molecule has 0 spiro atoms. The Bertz CT molecular complexity index is 226. The van der Waals surface area contributed by atoms with Gasteiger partial charge in [-0.15, -0.1) is 0 Å². The molecule has 0 aliphatic carbocycles. The van der Waals surface area contributed by atoms with Crippen molar-refractivity contribution in [2.75, 3.05) is 0 Å². The minimum Gasteiger partial charge on any atom is -0.479 e. The average Bonchev–Trinajstić information content (AvgIpc) is 2.01. The summed E-state index contributed by atoms with van der Waals surface area (Å²) in [7, 11) is 0. The van der Waals surface area contributed by atoms with E-state index in [0.29, 0.717) is 6.42 Å². The highest BCUT2D eigenvalue weighted by molar-refractivity contribution is 5.73. The number of rotatable bonds is 5. The van der Waals surface area contributed by atoms with Crippen molar-refractivity contribution in [1.82, 2.24) is 0 Å². The lowest BCUT2D eigenvalue weighted by Gasteiger charge is -2.25. The zero-order valence-electron chi connectivity index (χ0n) is 8.82. The van der Waals surface area contributed by atoms with Gasteiger partial charge in [-0.3, -0.25) is 0 Å². The van der Waals surface area contributed by atoms with Crippen LogP contribution in [0.4, 0.5) is 0 Å². The lowest BCUT2D eigenvalue weighted by molar-refractivity contribution is -0.161. The van der Waals surface area contributed by atoms with Crippen molar-refractivity contribution in [2.24, 2.45) is 0 Å². The number of hydrogen-bond donors (Lipinski definition) is 3. The number of carboxylic acid groups (broad SMARTS) is 1. The fourth-order valence-corrected chi connectivity index (χ4v) is 1.06. The first-order chi connectivity index (χ1) is 6.27. The summed E-state index contributed by atoms with van der Waals surface area (Å²) in [6, 6.07) is 0. The summed E-state index contributed by atoms with van der Waals surface area (Å²) in [5.74, 6) is -1.40. The minimum absolute atomic E-state index is 0.228. The third-order valence-corrected chi connectivity index (χ3v) is 2.03. The minimum atomic E-state index is -1.73. The highest BCUT2D eigenvalue weighted by atomic mass is 16.4. The highest BCUT2D eigenvalue weighted by Crippen LogP contribution is 2.18. The van der Waals surface area contributed by atoms with Gasteiger partial charge in [0.05, 0.1) is 5.60 Å². The van der Waals surface area contributed by atoms with Gasteiger partial charge in [-0.25, -0.2) is 4.79 Å². The molecule has 0 heterocycles. The topological polar surface area (TPSA) is 77.8 Å². The molecular weight excluding hydrogens is 184 g/mol. The van der Waals surface area contributed by atoms with Crippen LogP contribution in [0.1, 0.15) is 33.6 Å². The molecule has 82 valence electrons. The van der Waals surface area contributed by atoms with Gasteiger partial charge in [-0.05, 0) is 33.6 Å². The van der Waals surface area contributed by atoms with Crippen molar-refractivity contribution in [1.29, 1.82) is 0 Å². The van der Waals surface area contributed by atoms with E-state index in [4.69, 9.17) is 10.2 Å². The monoisotopic (exact) mass is 202 g/mol. The van der Waals surface area contributed by atoms with E-state index in [2.05, 4.69) is 0 Å². The first-order valence-corrected chi connectivity index (χ1v) is 4.54. The van der Waals surface area contributed by atoms with Crippen molar-refractivity contribution in [3.8, 4) is 0 Å². The van der Waals surface area contributed by atoms with E-state index in [9.17, 15) is 9.90 Å². The molecule has 0 aliphatic rings. The molecule has 0 radical (unpaired) electrons. The zero-order chi connectivity index (χ0) is 11.4. The Morgan fingerprint density at radius 3 is 2.36 bits per heavy atom. The first-order valence-electron chi connectivity index (χ1n) is 4.54. The maximum atomic E-state index is 10.4. The van der Waals surface area contributed by atoms with Crippen LogP contribution in [-0.2, 0) is 4.79 Å². The average molecular weight is 202 g/mol. The predicted octanol–water partition coefficient (Wildman–Crippen LogP) is 0.929. The molecule has 14 heavy (non-hydrogen) atoms. The number of aliphatic carboxylic acids is 1. The van der Waals surface area contributed by atoms with Crippen molar-refractivity contribution in [2.45, 2.75) is 45.3 Å². The molecule has 0 aromatic carbocycles. The van der Waals surface area contributed by atoms with Crippen molar-refractivity contribution in [3.63, 3.8) is 0 Å². The largest absolute Gasteiger partial charge is 0.479 e. The van der Waals surface area contributed by atoms with Crippen molar-refractivity contribution < 1.29 is 20.1 Å². The van der Waals surface area contributed by atoms with Gasteiger partial charge in [0.15, 0.2) is 6.10 Å². The van der Waals surface area contributed by atoms with Gasteiger partial charge in [0.25, 0.3) is 0 Å². The Morgan fingerprint density at radius 2 is 2.00 bits per heavy atom. The van der Waals surface area contributed by atoms with Crippen LogP contribution in [0, 0.1) is 0 Å². The van der Waals surface area contributed by atoms with Gasteiger partial charge < -0.3 is 15.3 Å². The van der Waals surface area contributed by atoms with Gasteiger partial charge in [0.2, 0.25) is 0 Å². The number of allylic oxidation sites excluding steroid dienone is 2. The number of aliphatic hydroxyl groups excluding tert-OH is 1.